The van der Waals surface area contributed by atoms with Gasteiger partial charge in [0.1, 0.15) is 0 Å². The highest BCUT2D eigenvalue weighted by atomic mass is 15.0. The summed E-state index contributed by atoms with van der Waals surface area (Å²) in [5.41, 5.74) is 11.4. The first-order valence-corrected chi connectivity index (χ1v) is 16.3. The van der Waals surface area contributed by atoms with Crippen LogP contribution in [0.25, 0.3) is 82.1 Å². The number of hydrogen-bond donors (Lipinski definition) is 0. The zero-order chi connectivity index (χ0) is 31.2. The fraction of sp³-hybridized carbons (Fsp3) is 0.111. The molecule has 1 nitrogen and oxygen atoms in total. The highest BCUT2D eigenvalue weighted by molar-refractivity contribution is 6.27. The fourth-order valence-corrected chi connectivity index (χ4v) is 7.54. The van der Waals surface area contributed by atoms with Crippen molar-refractivity contribution in [3.05, 3.63) is 151 Å². The summed E-state index contributed by atoms with van der Waals surface area (Å²) in [6, 6.07) is 52.2. The van der Waals surface area contributed by atoms with E-state index in [1.54, 1.807) is 0 Å². The minimum Gasteiger partial charge on any atom is -0.309 e. The fourth-order valence-electron chi connectivity index (χ4n) is 7.54. The summed E-state index contributed by atoms with van der Waals surface area (Å²) in [5.74, 6) is 0. The number of rotatable bonds is 3. The average molecular weight is 590 g/mol. The van der Waals surface area contributed by atoms with Crippen LogP contribution in [0.15, 0.2) is 140 Å². The van der Waals surface area contributed by atoms with Gasteiger partial charge in [-0.3, -0.25) is 0 Å². The van der Waals surface area contributed by atoms with E-state index in [2.05, 4.69) is 172 Å². The van der Waals surface area contributed by atoms with Crippen molar-refractivity contribution in [2.75, 3.05) is 0 Å². The molecule has 220 valence electrons. The van der Waals surface area contributed by atoms with E-state index in [1.165, 1.54) is 93.2 Å². The van der Waals surface area contributed by atoms with Crippen molar-refractivity contribution in [2.24, 2.45) is 0 Å². The van der Waals surface area contributed by atoms with Gasteiger partial charge in [0.15, 0.2) is 0 Å². The van der Waals surface area contributed by atoms with Crippen molar-refractivity contribution in [3.63, 3.8) is 0 Å². The minimum absolute atomic E-state index is 0.0786. The molecule has 0 aliphatic rings. The lowest BCUT2D eigenvalue weighted by Gasteiger charge is -2.19. The second-order valence-electron chi connectivity index (χ2n) is 13.9. The molecule has 0 unspecified atom stereocenters. The summed E-state index contributed by atoms with van der Waals surface area (Å²) in [7, 11) is 0. The van der Waals surface area contributed by atoms with Crippen LogP contribution >= 0.6 is 0 Å². The van der Waals surface area contributed by atoms with Gasteiger partial charge < -0.3 is 4.57 Å². The molecule has 0 N–H and O–H groups in total. The maximum atomic E-state index is 2.43. The normalized spacial score (nSPS) is 12.3. The van der Waals surface area contributed by atoms with E-state index in [0.29, 0.717) is 0 Å². The van der Waals surface area contributed by atoms with Gasteiger partial charge in [0.25, 0.3) is 0 Å². The van der Waals surface area contributed by atoms with Crippen molar-refractivity contribution in [1.29, 1.82) is 0 Å². The SMILES string of the molecule is Cc1ccc(-c2ccc3ccc4c(-c5ccc(-n6c7ccccc7c7ccc(C(C)(C)C)cc76)cc5)ccc5ccc2c3c54)cc1. The molecule has 0 atom stereocenters. The number of aromatic nitrogens is 1. The van der Waals surface area contributed by atoms with Gasteiger partial charge in [0.05, 0.1) is 11.0 Å². The van der Waals surface area contributed by atoms with Gasteiger partial charge in [0.2, 0.25) is 0 Å². The van der Waals surface area contributed by atoms with Crippen molar-refractivity contribution in [1.82, 2.24) is 4.57 Å². The van der Waals surface area contributed by atoms with E-state index < -0.39 is 0 Å². The van der Waals surface area contributed by atoms with E-state index in [9.17, 15) is 0 Å². The molecule has 1 heteroatoms. The number of hydrogen-bond acceptors (Lipinski definition) is 0. The second-order valence-corrected chi connectivity index (χ2v) is 13.9. The van der Waals surface area contributed by atoms with Gasteiger partial charge in [-0.25, -0.2) is 0 Å². The highest BCUT2D eigenvalue weighted by Gasteiger charge is 2.19. The smallest absolute Gasteiger partial charge is 0.0544 e. The van der Waals surface area contributed by atoms with Crippen LogP contribution in [0.3, 0.4) is 0 Å². The Labute approximate surface area is 269 Å². The molecule has 0 saturated carbocycles. The molecule has 0 aliphatic heterocycles. The van der Waals surface area contributed by atoms with Crippen LogP contribution in [0.1, 0.15) is 31.9 Å². The van der Waals surface area contributed by atoms with Crippen LogP contribution in [0.4, 0.5) is 0 Å². The Morgan fingerprint density at radius 2 is 0.978 bits per heavy atom. The summed E-state index contributed by atoms with van der Waals surface area (Å²) in [6.45, 7) is 9.01. The van der Waals surface area contributed by atoms with E-state index >= 15 is 0 Å². The number of fused-ring (bicyclic) bond motifs is 3. The molecule has 8 aromatic carbocycles. The summed E-state index contributed by atoms with van der Waals surface area (Å²) in [4.78, 5) is 0. The summed E-state index contributed by atoms with van der Waals surface area (Å²) < 4.78 is 2.43. The van der Waals surface area contributed by atoms with Gasteiger partial charge in [-0.2, -0.15) is 0 Å². The largest absolute Gasteiger partial charge is 0.309 e. The zero-order valence-corrected chi connectivity index (χ0v) is 26.7. The lowest BCUT2D eigenvalue weighted by Crippen LogP contribution is -2.10. The molecular formula is C45H35N. The number of nitrogens with zero attached hydrogens (tertiary/aromatic N) is 1. The first kappa shape index (κ1) is 27.0. The summed E-state index contributed by atoms with van der Waals surface area (Å²) >= 11 is 0. The van der Waals surface area contributed by atoms with Crippen LogP contribution in [0, 0.1) is 6.92 Å². The van der Waals surface area contributed by atoms with E-state index in [4.69, 9.17) is 0 Å². The molecule has 9 rings (SSSR count). The number of para-hydroxylation sites is 1. The Morgan fingerprint density at radius 3 is 1.59 bits per heavy atom. The Bertz CT molecular complexity index is 2590. The first-order chi connectivity index (χ1) is 22.3. The number of benzene rings is 8. The lowest BCUT2D eigenvalue weighted by molar-refractivity contribution is 0.591. The van der Waals surface area contributed by atoms with E-state index in [0.717, 1.165) is 0 Å². The summed E-state index contributed by atoms with van der Waals surface area (Å²) in [5, 5.41) is 10.5. The van der Waals surface area contributed by atoms with Crippen LogP contribution in [0.2, 0.25) is 0 Å². The molecule has 0 amide bonds. The monoisotopic (exact) mass is 589 g/mol. The first-order valence-electron chi connectivity index (χ1n) is 16.3. The molecule has 9 aromatic rings. The molecule has 0 bridgehead atoms. The topological polar surface area (TPSA) is 4.93 Å². The lowest BCUT2D eigenvalue weighted by atomic mass is 9.86. The van der Waals surface area contributed by atoms with Crippen LogP contribution in [-0.4, -0.2) is 4.57 Å². The summed E-state index contributed by atoms with van der Waals surface area (Å²) in [6.07, 6.45) is 0. The van der Waals surface area contributed by atoms with Gasteiger partial charge >= 0.3 is 0 Å². The molecule has 46 heavy (non-hydrogen) atoms. The van der Waals surface area contributed by atoms with Crippen molar-refractivity contribution in [2.45, 2.75) is 33.1 Å². The third-order valence-electron chi connectivity index (χ3n) is 10.0. The number of aryl methyl sites for hydroxylation is 1. The van der Waals surface area contributed by atoms with E-state index in [-0.39, 0.29) is 5.41 Å². The van der Waals surface area contributed by atoms with E-state index in [1.807, 2.05) is 0 Å². The van der Waals surface area contributed by atoms with Crippen LogP contribution in [0.5, 0.6) is 0 Å². The molecular weight excluding hydrogens is 555 g/mol. The van der Waals surface area contributed by atoms with Crippen molar-refractivity contribution >= 4 is 54.1 Å². The predicted octanol–water partition coefficient (Wildman–Crippen LogP) is 12.6. The molecule has 1 heterocycles. The molecule has 0 fully saturated rings. The molecule has 0 spiro atoms. The van der Waals surface area contributed by atoms with Crippen LogP contribution < -0.4 is 0 Å². The molecule has 1 aromatic heterocycles. The van der Waals surface area contributed by atoms with Gasteiger partial charge in [-0.15, -0.1) is 0 Å². The Morgan fingerprint density at radius 1 is 0.457 bits per heavy atom. The minimum atomic E-state index is 0.0786. The average Bonchev–Trinajstić information content (AvgIpc) is 3.41. The third kappa shape index (κ3) is 4.01. The Hall–Kier alpha value is -5.40. The third-order valence-corrected chi connectivity index (χ3v) is 10.0. The Balaban J connectivity index is 1.21. The molecule has 0 saturated heterocycles. The van der Waals surface area contributed by atoms with Crippen molar-refractivity contribution in [3.8, 4) is 27.9 Å². The quantitative estimate of drug-likeness (QED) is 0.181. The maximum Gasteiger partial charge on any atom is 0.0544 e. The molecule has 0 aliphatic carbocycles. The standard InChI is InChI=1S/C45H35N/c1-28-9-11-29(12-10-28)35-22-15-31-18-25-40-36(23-16-32-17-24-39(35)43(31)44(32)40)30-13-20-34(21-14-30)46-41-8-6-5-7-37(41)38-26-19-33(27-42(38)46)45(2,3)4/h5-27H,1-4H3. The van der Waals surface area contributed by atoms with Crippen molar-refractivity contribution < 1.29 is 0 Å². The zero-order valence-electron chi connectivity index (χ0n) is 26.7. The Kier molecular flexibility index (Phi) is 5.74. The molecule has 0 radical (unpaired) electrons. The second kappa shape index (κ2) is 9.80. The van der Waals surface area contributed by atoms with Crippen LogP contribution in [-0.2, 0) is 5.41 Å². The maximum absolute atomic E-state index is 2.43. The van der Waals surface area contributed by atoms with Gasteiger partial charge in [0, 0.05) is 16.5 Å². The predicted molar refractivity (Wildman–Crippen MR) is 199 cm³/mol. The van der Waals surface area contributed by atoms with Gasteiger partial charge in [-0.05, 0) is 96.7 Å². The highest BCUT2D eigenvalue weighted by Crippen LogP contribution is 2.43. The van der Waals surface area contributed by atoms with Gasteiger partial charge in [-0.1, -0.05) is 142 Å².